The van der Waals surface area contributed by atoms with Gasteiger partial charge in [-0.3, -0.25) is 10.3 Å². The summed E-state index contributed by atoms with van der Waals surface area (Å²) in [5, 5.41) is 13.7. The van der Waals surface area contributed by atoms with E-state index in [9.17, 15) is 9.90 Å². The van der Waals surface area contributed by atoms with Gasteiger partial charge in [-0.2, -0.15) is 11.3 Å². The maximum Gasteiger partial charge on any atom is 0.356 e. The number of aromatic carboxylic acids is 1. The maximum atomic E-state index is 11.8. The Bertz CT molecular complexity index is 1020. The number of thiophene rings is 1. The van der Waals surface area contributed by atoms with Crippen LogP contribution in [0.25, 0.3) is 17.1 Å². The van der Waals surface area contributed by atoms with Gasteiger partial charge in [-0.25, -0.2) is 9.78 Å². The molecular formula is C21H23N3O3S. The van der Waals surface area contributed by atoms with E-state index < -0.39 is 5.97 Å². The van der Waals surface area contributed by atoms with Crippen molar-refractivity contribution in [3.05, 3.63) is 51.5 Å². The SMILES string of the molecule is CC(C)Cc1cc2c(cc1OCN)CCc1c(C(=O)O)nc(-c3ccsc3)n1-2. The highest BCUT2D eigenvalue weighted by Crippen LogP contribution is 2.37. The fourth-order valence-electron chi connectivity index (χ4n) is 3.84. The Kier molecular flexibility index (Phi) is 4.95. The standard InChI is InChI=1S/C21H23N3O3S/c1-12(2)7-15-8-17-13(9-18(15)27-11-22)3-4-16-19(21(25)26)23-20(24(16)17)14-5-6-28-10-14/h5-6,8-10,12H,3-4,7,11,22H2,1-2H3,(H,25,26). The molecular weight excluding hydrogens is 374 g/mol. The predicted octanol–water partition coefficient (Wildman–Crippen LogP) is 3.89. The van der Waals surface area contributed by atoms with Crippen LogP contribution in [0.15, 0.2) is 29.0 Å². The van der Waals surface area contributed by atoms with Gasteiger partial charge in [0, 0.05) is 10.9 Å². The van der Waals surface area contributed by atoms with Crippen LogP contribution in [0.4, 0.5) is 0 Å². The molecule has 4 rings (SSSR count). The Hall–Kier alpha value is -2.64. The van der Waals surface area contributed by atoms with E-state index in [0.717, 1.165) is 46.7 Å². The third-order valence-electron chi connectivity index (χ3n) is 4.96. The van der Waals surface area contributed by atoms with Gasteiger partial charge in [-0.15, -0.1) is 0 Å². The third kappa shape index (κ3) is 3.21. The molecule has 7 heteroatoms. The Labute approximate surface area is 167 Å². The second kappa shape index (κ2) is 7.41. The van der Waals surface area contributed by atoms with Gasteiger partial charge in [0.05, 0.1) is 11.4 Å². The lowest BCUT2D eigenvalue weighted by Gasteiger charge is -2.24. The number of carbonyl (C=O) groups is 1. The van der Waals surface area contributed by atoms with Gasteiger partial charge in [-0.1, -0.05) is 13.8 Å². The average Bonchev–Trinajstić information content (AvgIpc) is 3.29. The summed E-state index contributed by atoms with van der Waals surface area (Å²) in [6.07, 6.45) is 2.22. The van der Waals surface area contributed by atoms with Crippen LogP contribution in [0.3, 0.4) is 0 Å². The highest BCUT2D eigenvalue weighted by Gasteiger charge is 2.29. The third-order valence-corrected chi connectivity index (χ3v) is 5.64. The van der Waals surface area contributed by atoms with Crippen molar-refractivity contribution >= 4 is 17.3 Å². The van der Waals surface area contributed by atoms with Crippen LogP contribution in [-0.2, 0) is 19.3 Å². The van der Waals surface area contributed by atoms with Crippen LogP contribution in [-0.4, -0.2) is 27.4 Å². The van der Waals surface area contributed by atoms with E-state index in [-0.39, 0.29) is 12.4 Å². The number of aryl methyl sites for hydroxylation is 1. The molecule has 28 heavy (non-hydrogen) atoms. The van der Waals surface area contributed by atoms with Crippen molar-refractivity contribution < 1.29 is 14.6 Å². The van der Waals surface area contributed by atoms with Gasteiger partial charge >= 0.3 is 5.97 Å². The van der Waals surface area contributed by atoms with E-state index in [4.69, 9.17) is 10.5 Å². The molecule has 0 atom stereocenters. The minimum absolute atomic E-state index is 0.128. The summed E-state index contributed by atoms with van der Waals surface area (Å²) in [7, 11) is 0. The zero-order valence-corrected chi connectivity index (χ0v) is 16.8. The number of nitrogens with two attached hydrogens (primary N) is 1. The molecule has 3 heterocycles. The van der Waals surface area contributed by atoms with Gasteiger partial charge in [-0.05, 0) is 59.9 Å². The molecule has 0 bridgehead atoms. The van der Waals surface area contributed by atoms with Crippen LogP contribution >= 0.6 is 11.3 Å². The molecule has 146 valence electrons. The normalized spacial score (nSPS) is 12.7. The van der Waals surface area contributed by atoms with E-state index in [0.29, 0.717) is 18.2 Å². The summed E-state index contributed by atoms with van der Waals surface area (Å²) in [6.45, 7) is 4.45. The topological polar surface area (TPSA) is 90.4 Å². The monoisotopic (exact) mass is 397 g/mol. The fourth-order valence-corrected chi connectivity index (χ4v) is 4.47. The van der Waals surface area contributed by atoms with Crippen molar-refractivity contribution in [2.75, 3.05) is 6.73 Å². The number of nitrogens with zero attached hydrogens (tertiary/aromatic N) is 2. The van der Waals surface area contributed by atoms with Crippen LogP contribution in [0.5, 0.6) is 5.75 Å². The van der Waals surface area contributed by atoms with Gasteiger partial charge in [0.25, 0.3) is 0 Å². The largest absolute Gasteiger partial charge is 0.478 e. The first kappa shape index (κ1) is 18.7. The Balaban J connectivity index is 1.95. The number of benzene rings is 1. The lowest BCUT2D eigenvalue weighted by Crippen LogP contribution is -2.17. The number of fused-ring (bicyclic) bond motifs is 3. The molecule has 3 aromatic rings. The molecule has 1 aliphatic rings. The lowest BCUT2D eigenvalue weighted by atomic mass is 9.94. The maximum absolute atomic E-state index is 11.8. The number of ether oxygens (including phenoxy) is 1. The number of rotatable bonds is 6. The van der Waals surface area contributed by atoms with Crippen LogP contribution in [0.2, 0.25) is 0 Å². The average molecular weight is 398 g/mol. The van der Waals surface area contributed by atoms with Gasteiger partial charge in [0.15, 0.2) is 5.69 Å². The Morgan fingerprint density at radius 3 is 2.86 bits per heavy atom. The number of carboxylic acids is 1. The minimum atomic E-state index is -0.987. The fraction of sp³-hybridized carbons (Fsp3) is 0.333. The van der Waals surface area contributed by atoms with E-state index in [1.807, 2.05) is 21.4 Å². The number of hydrogen-bond acceptors (Lipinski definition) is 5. The number of imidazole rings is 1. The van der Waals surface area contributed by atoms with E-state index >= 15 is 0 Å². The number of aromatic nitrogens is 2. The first-order chi connectivity index (χ1) is 13.5. The molecule has 1 aromatic carbocycles. The van der Waals surface area contributed by atoms with Crippen LogP contribution in [0, 0.1) is 5.92 Å². The lowest BCUT2D eigenvalue weighted by molar-refractivity contribution is 0.0689. The first-order valence-electron chi connectivity index (χ1n) is 9.36. The second-order valence-corrected chi connectivity index (χ2v) is 8.16. The smallest absolute Gasteiger partial charge is 0.356 e. The molecule has 2 aromatic heterocycles. The van der Waals surface area contributed by atoms with Crippen molar-refractivity contribution in [2.24, 2.45) is 11.7 Å². The summed E-state index contributed by atoms with van der Waals surface area (Å²) in [6, 6.07) is 6.15. The summed E-state index contributed by atoms with van der Waals surface area (Å²) in [5.74, 6) is 0.959. The first-order valence-corrected chi connectivity index (χ1v) is 10.3. The Morgan fingerprint density at radius 2 is 2.21 bits per heavy atom. The van der Waals surface area contributed by atoms with Crippen LogP contribution in [0.1, 0.15) is 41.2 Å². The van der Waals surface area contributed by atoms with Crippen molar-refractivity contribution in [3.8, 4) is 22.8 Å². The van der Waals surface area contributed by atoms with Gasteiger partial charge < -0.3 is 9.84 Å². The molecule has 0 radical (unpaired) electrons. The molecule has 0 fully saturated rings. The molecule has 6 nitrogen and oxygen atoms in total. The zero-order chi connectivity index (χ0) is 19.8. The molecule has 0 unspecified atom stereocenters. The summed E-state index contributed by atoms with van der Waals surface area (Å²) in [4.78, 5) is 16.3. The number of carboxylic acid groups (broad SMARTS) is 1. The highest BCUT2D eigenvalue weighted by atomic mass is 32.1. The van der Waals surface area contributed by atoms with Crippen molar-refractivity contribution in [1.29, 1.82) is 0 Å². The quantitative estimate of drug-likeness (QED) is 0.616. The predicted molar refractivity (Wildman–Crippen MR) is 109 cm³/mol. The molecule has 0 aliphatic carbocycles. The zero-order valence-electron chi connectivity index (χ0n) is 15.9. The van der Waals surface area contributed by atoms with Crippen molar-refractivity contribution in [2.45, 2.75) is 33.1 Å². The number of hydrogen-bond donors (Lipinski definition) is 2. The molecule has 0 saturated heterocycles. The summed E-state index contributed by atoms with van der Waals surface area (Å²) < 4.78 is 7.71. The van der Waals surface area contributed by atoms with Gasteiger partial charge in [0.1, 0.15) is 18.3 Å². The molecule has 0 saturated carbocycles. The van der Waals surface area contributed by atoms with Crippen LogP contribution < -0.4 is 10.5 Å². The highest BCUT2D eigenvalue weighted by molar-refractivity contribution is 7.08. The molecule has 0 spiro atoms. The summed E-state index contributed by atoms with van der Waals surface area (Å²) in [5.41, 5.74) is 10.6. The summed E-state index contributed by atoms with van der Waals surface area (Å²) >= 11 is 1.57. The second-order valence-electron chi connectivity index (χ2n) is 7.38. The van der Waals surface area contributed by atoms with Crippen molar-refractivity contribution in [1.82, 2.24) is 9.55 Å². The Morgan fingerprint density at radius 1 is 1.39 bits per heavy atom. The van der Waals surface area contributed by atoms with E-state index in [1.165, 1.54) is 0 Å². The molecule has 1 aliphatic heterocycles. The van der Waals surface area contributed by atoms with Crippen molar-refractivity contribution in [3.63, 3.8) is 0 Å². The molecule has 0 amide bonds. The van der Waals surface area contributed by atoms with E-state index in [1.54, 1.807) is 11.3 Å². The minimum Gasteiger partial charge on any atom is -0.478 e. The van der Waals surface area contributed by atoms with E-state index in [2.05, 4.69) is 31.0 Å². The van der Waals surface area contributed by atoms with Gasteiger partial charge in [0.2, 0.25) is 0 Å². The molecule has 3 N–H and O–H groups in total.